The van der Waals surface area contributed by atoms with Crippen molar-refractivity contribution in [3.05, 3.63) is 34.7 Å². The summed E-state index contributed by atoms with van der Waals surface area (Å²) in [5.74, 6) is 0.577. The van der Waals surface area contributed by atoms with Crippen molar-refractivity contribution in [1.29, 1.82) is 0 Å². The lowest BCUT2D eigenvalue weighted by atomic mass is 10.1. The van der Waals surface area contributed by atoms with Crippen molar-refractivity contribution in [2.75, 3.05) is 0 Å². The van der Waals surface area contributed by atoms with Crippen LogP contribution in [0.4, 0.5) is 0 Å². The summed E-state index contributed by atoms with van der Waals surface area (Å²) in [6, 6.07) is 7.15. The lowest BCUT2D eigenvalue weighted by Crippen LogP contribution is -2.22. The van der Waals surface area contributed by atoms with Gasteiger partial charge in [0.25, 0.3) is 0 Å². The van der Waals surface area contributed by atoms with Crippen LogP contribution in [-0.4, -0.2) is 20.7 Å². The Morgan fingerprint density at radius 2 is 1.72 bits per heavy atom. The van der Waals surface area contributed by atoms with Crippen LogP contribution in [0.3, 0.4) is 0 Å². The fraction of sp³-hybridized carbons (Fsp3) is 0.308. The molecule has 1 aromatic carbocycles. The van der Waals surface area contributed by atoms with Crippen LogP contribution >= 0.6 is 0 Å². The Hall–Kier alpha value is -2.17. The molecule has 1 aromatic heterocycles. The second-order valence-corrected chi connectivity index (χ2v) is 5.04. The molecule has 0 bridgehead atoms. The van der Waals surface area contributed by atoms with Crippen molar-refractivity contribution >= 4 is 0 Å². The number of nitrogens with one attached hydrogen (secondary N) is 2. The van der Waals surface area contributed by atoms with E-state index in [0.29, 0.717) is 11.3 Å². The molecule has 0 unspecified atom stereocenters. The highest BCUT2D eigenvalue weighted by Crippen LogP contribution is 2.26. The maximum Gasteiger partial charge on any atom is 0.326 e. The largest absolute Gasteiger partial charge is 0.493 e. The number of imidazole rings is 1. The topological polar surface area (TPSA) is 78.1 Å². The van der Waals surface area contributed by atoms with Crippen molar-refractivity contribution in [1.82, 2.24) is 9.97 Å². The molecule has 0 amide bonds. The molecular formula is C13H16N2O3. The van der Waals surface area contributed by atoms with Crippen LogP contribution in [0.15, 0.2) is 29.1 Å². The fourth-order valence-electron chi connectivity index (χ4n) is 1.63. The number of aromatic hydroxyl groups is 1. The Kier molecular flexibility index (Phi) is 2.90. The molecule has 0 radical (unpaired) electrons. The zero-order valence-corrected chi connectivity index (χ0v) is 10.6. The van der Waals surface area contributed by atoms with E-state index in [2.05, 4.69) is 9.97 Å². The van der Waals surface area contributed by atoms with Crippen LogP contribution in [0.5, 0.6) is 11.6 Å². The Labute approximate surface area is 104 Å². The van der Waals surface area contributed by atoms with Crippen molar-refractivity contribution < 1.29 is 9.84 Å². The van der Waals surface area contributed by atoms with E-state index in [1.807, 2.05) is 20.8 Å². The summed E-state index contributed by atoms with van der Waals surface area (Å²) in [6.07, 6.45) is 0. The molecule has 18 heavy (non-hydrogen) atoms. The molecule has 5 nitrogen and oxygen atoms in total. The molecule has 0 saturated heterocycles. The first kappa shape index (κ1) is 12.3. The highest BCUT2D eigenvalue weighted by atomic mass is 16.5. The summed E-state index contributed by atoms with van der Waals surface area (Å²) in [6.45, 7) is 5.91. The summed E-state index contributed by atoms with van der Waals surface area (Å²) in [5.41, 5.74) is 0.401. The maximum atomic E-state index is 11.0. The molecule has 0 aliphatic rings. The van der Waals surface area contributed by atoms with Crippen molar-refractivity contribution in [3.63, 3.8) is 0 Å². The van der Waals surface area contributed by atoms with E-state index in [-0.39, 0.29) is 11.5 Å². The molecule has 0 atom stereocenters. The van der Waals surface area contributed by atoms with Crippen LogP contribution in [0.2, 0.25) is 0 Å². The van der Waals surface area contributed by atoms with Crippen molar-refractivity contribution in [3.8, 4) is 22.9 Å². The number of aromatic nitrogens is 2. The zero-order valence-electron chi connectivity index (χ0n) is 10.6. The molecule has 1 heterocycles. The SMILES string of the molecule is CC(C)(C)Oc1ccc(-c2[nH]c(=O)[nH]c2O)cc1. The van der Waals surface area contributed by atoms with Gasteiger partial charge in [-0.1, -0.05) is 0 Å². The van der Waals surface area contributed by atoms with Gasteiger partial charge in [0, 0.05) is 5.56 Å². The summed E-state index contributed by atoms with van der Waals surface area (Å²) < 4.78 is 5.69. The Morgan fingerprint density at radius 1 is 1.11 bits per heavy atom. The molecule has 0 saturated carbocycles. The number of benzene rings is 1. The first-order valence-electron chi connectivity index (χ1n) is 5.66. The Balaban J connectivity index is 2.28. The zero-order chi connectivity index (χ0) is 13.3. The summed E-state index contributed by atoms with van der Waals surface area (Å²) in [7, 11) is 0. The third-order valence-electron chi connectivity index (χ3n) is 2.27. The maximum absolute atomic E-state index is 11.0. The predicted molar refractivity (Wildman–Crippen MR) is 68.9 cm³/mol. The molecular weight excluding hydrogens is 232 g/mol. The summed E-state index contributed by atoms with van der Waals surface area (Å²) in [5, 5.41) is 9.52. The van der Waals surface area contributed by atoms with Crippen molar-refractivity contribution in [2.24, 2.45) is 0 Å². The van der Waals surface area contributed by atoms with E-state index in [1.165, 1.54) is 0 Å². The molecule has 0 spiro atoms. The third kappa shape index (κ3) is 2.74. The first-order valence-corrected chi connectivity index (χ1v) is 5.66. The second-order valence-electron chi connectivity index (χ2n) is 5.04. The minimum Gasteiger partial charge on any atom is -0.493 e. The van der Waals surface area contributed by atoms with E-state index in [4.69, 9.17) is 4.74 Å². The van der Waals surface area contributed by atoms with Gasteiger partial charge in [0.2, 0.25) is 5.88 Å². The van der Waals surface area contributed by atoms with Gasteiger partial charge in [-0.3, -0.25) is 4.98 Å². The van der Waals surface area contributed by atoms with Gasteiger partial charge in [-0.2, -0.15) is 0 Å². The van der Waals surface area contributed by atoms with Gasteiger partial charge in [0.1, 0.15) is 17.0 Å². The van der Waals surface area contributed by atoms with Gasteiger partial charge in [-0.25, -0.2) is 4.79 Å². The number of H-pyrrole nitrogens is 2. The van der Waals surface area contributed by atoms with Gasteiger partial charge < -0.3 is 14.8 Å². The predicted octanol–water partition coefficient (Wildman–Crippen LogP) is 2.25. The van der Waals surface area contributed by atoms with Crippen LogP contribution in [0.25, 0.3) is 11.3 Å². The van der Waals surface area contributed by atoms with E-state index in [9.17, 15) is 9.90 Å². The average Bonchev–Trinajstić information content (AvgIpc) is 2.57. The minimum atomic E-state index is -0.433. The Morgan fingerprint density at radius 3 is 2.17 bits per heavy atom. The van der Waals surface area contributed by atoms with E-state index in [0.717, 1.165) is 5.75 Å². The average molecular weight is 248 g/mol. The lowest BCUT2D eigenvalue weighted by molar-refractivity contribution is 0.131. The molecule has 2 rings (SSSR count). The number of hydrogen-bond acceptors (Lipinski definition) is 3. The normalized spacial score (nSPS) is 11.5. The summed E-state index contributed by atoms with van der Waals surface area (Å²) >= 11 is 0. The molecule has 0 fully saturated rings. The van der Waals surface area contributed by atoms with Crippen LogP contribution < -0.4 is 10.4 Å². The van der Waals surface area contributed by atoms with Gasteiger partial charge in [-0.15, -0.1) is 0 Å². The number of aromatic amines is 2. The van der Waals surface area contributed by atoms with Crippen LogP contribution in [0.1, 0.15) is 20.8 Å². The van der Waals surface area contributed by atoms with Gasteiger partial charge >= 0.3 is 5.69 Å². The van der Waals surface area contributed by atoms with E-state index in [1.54, 1.807) is 24.3 Å². The van der Waals surface area contributed by atoms with E-state index >= 15 is 0 Å². The molecule has 0 aliphatic carbocycles. The smallest absolute Gasteiger partial charge is 0.326 e. The molecule has 0 aliphatic heterocycles. The molecule has 3 N–H and O–H groups in total. The number of ether oxygens (including phenoxy) is 1. The second kappa shape index (κ2) is 4.25. The molecule has 96 valence electrons. The fourth-order valence-corrected chi connectivity index (χ4v) is 1.63. The van der Waals surface area contributed by atoms with E-state index < -0.39 is 5.69 Å². The highest BCUT2D eigenvalue weighted by Gasteiger charge is 2.12. The van der Waals surface area contributed by atoms with Crippen LogP contribution in [-0.2, 0) is 0 Å². The van der Waals surface area contributed by atoms with Gasteiger partial charge in [0.05, 0.1) is 0 Å². The van der Waals surface area contributed by atoms with Gasteiger partial charge in [0.15, 0.2) is 0 Å². The minimum absolute atomic E-state index is 0.163. The molecule has 5 heteroatoms. The highest BCUT2D eigenvalue weighted by molar-refractivity contribution is 5.64. The summed E-state index contributed by atoms with van der Waals surface area (Å²) in [4.78, 5) is 15.8. The molecule has 2 aromatic rings. The monoisotopic (exact) mass is 248 g/mol. The number of rotatable bonds is 2. The standard InChI is InChI=1S/C13H16N2O3/c1-13(2,3)18-9-6-4-8(5-7-9)10-11(16)15-12(17)14-10/h4-7,16H,1-3H3,(H2,14,15,17). The first-order chi connectivity index (χ1) is 8.35. The number of hydrogen-bond donors (Lipinski definition) is 3. The van der Waals surface area contributed by atoms with Crippen molar-refractivity contribution in [2.45, 2.75) is 26.4 Å². The van der Waals surface area contributed by atoms with Crippen LogP contribution in [0, 0.1) is 0 Å². The third-order valence-corrected chi connectivity index (χ3v) is 2.27. The lowest BCUT2D eigenvalue weighted by Gasteiger charge is -2.21. The van der Waals surface area contributed by atoms with Gasteiger partial charge in [-0.05, 0) is 45.0 Å². The Bertz CT molecular complexity index is 588. The quantitative estimate of drug-likeness (QED) is 0.762.